The van der Waals surface area contributed by atoms with Crippen LogP contribution in [0.5, 0.6) is 5.75 Å². The van der Waals surface area contributed by atoms with Crippen LogP contribution in [0.25, 0.3) is 0 Å². The first kappa shape index (κ1) is 12.7. The highest BCUT2D eigenvalue weighted by Gasteiger charge is 2.16. The lowest BCUT2D eigenvalue weighted by Gasteiger charge is -2.18. The fraction of sp³-hybridized carbons (Fsp3) is 0.364. The van der Waals surface area contributed by atoms with Crippen LogP contribution in [-0.4, -0.2) is 19.0 Å². The number of amidine groups is 1. The summed E-state index contributed by atoms with van der Waals surface area (Å²) in [5.74, 6) is 1.17. The zero-order valence-electron chi connectivity index (χ0n) is 9.76. The van der Waals surface area contributed by atoms with Gasteiger partial charge in [-0.15, -0.1) is 0 Å². The molecule has 0 spiro atoms. The maximum atomic E-state index is 9.94. The smallest absolute Gasteiger partial charge is 0.146 e. The molecule has 0 aromatic heterocycles. The third-order valence-electron chi connectivity index (χ3n) is 2.48. The standard InChI is InChI=1S/C11H14N4O2S/c12-11-10-8(14-18-15-11)4-3-5-9(10)17-7-2-1-6-13-16/h3-5,14H,1-2,6-7H2,(H2,12,15). The van der Waals surface area contributed by atoms with E-state index < -0.39 is 0 Å². The maximum Gasteiger partial charge on any atom is 0.146 e. The number of ether oxygens (including phenoxy) is 1. The predicted molar refractivity (Wildman–Crippen MR) is 73.8 cm³/mol. The number of hydrogen-bond donors (Lipinski definition) is 2. The van der Waals surface area contributed by atoms with Crippen LogP contribution in [0.2, 0.25) is 0 Å². The first-order valence-electron chi connectivity index (χ1n) is 5.63. The first-order valence-corrected chi connectivity index (χ1v) is 6.41. The first-order chi connectivity index (χ1) is 8.83. The number of nitroso groups, excluding NO2 is 1. The minimum absolute atomic E-state index is 0.331. The van der Waals surface area contributed by atoms with E-state index in [1.807, 2.05) is 18.2 Å². The molecule has 0 aliphatic carbocycles. The molecule has 6 nitrogen and oxygen atoms in total. The van der Waals surface area contributed by atoms with E-state index in [1.54, 1.807) is 0 Å². The monoisotopic (exact) mass is 266 g/mol. The molecule has 0 saturated carbocycles. The van der Waals surface area contributed by atoms with Gasteiger partial charge in [0.25, 0.3) is 0 Å². The van der Waals surface area contributed by atoms with Crippen LogP contribution < -0.4 is 15.2 Å². The van der Waals surface area contributed by atoms with Crippen LogP contribution in [0.3, 0.4) is 0 Å². The number of fused-ring (bicyclic) bond motifs is 1. The van der Waals surface area contributed by atoms with Crippen LogP contribution in [0.4, 0.5) is 5.69 Å². The summed E-state index contributed by atoms with van der Waals surface area (Å²) in [6, 6.07) is 5.68. The Bertz CT molecular complexity index is 464. The van der Waals surface area contributed by atoms with Crippen molar-refractivity contribution in [1.29, 1.82) is 0 Å². The summed E-state index contributed by atoms with van der Waals surface area (Å²) < 4.78 is 12.8. The Labute approximate surface area is 109 Å². The van der Waals surface area contributed by atoms with Gasteiger partial charge >= 0.3 is 0 Å². The fourth-order valence-electron chi connectivity index (χ4n) is 1.63. The van der Waals surface area contributed by atoms with Crippen molar-refractivity contribution in [3.8, 4) is 5.75 Å². The second kappa shape index (κ2) is 6.25. The van der Waals surface area contributed by atoms with Crippen molar-refractivity contribution in [2.45, 2.75) is 12.8 Å². The molecule has 0 fully saturated rings. The van der Waals surface area contributed by atoms with Gasteiger partial charge in [0.15, 0.2) is 0 Å². The number of nitrogens with one attached hydrogen (secondary N) is 1. The van der Waals surface area contributed by atoms with Crippen molar-refractivity contribution < 1.29 is 4.74 Å². The van der Waals surface area contributed by atoms with Gasteiger partial charge < -0.3 is 15.2 Å². The van der Waals surface area contributed by atoms with E-state index in [-0.39, 0.29) is 0 Å². The molecule has 3 N–H and O–H groups in total. The van der Waals surface area contributed by atoms with Crippen LogP contribution in [0, 0.1) is 4.91 Å². The van der Waals surface area contributed by atoms with E-state index in [4.69, 9.17) is 10.5 Å². The number of unbranched alkanes of at least 4 members (excludes halogenated alkanes) is 1. The van der Waals surface area contributed by atoms with Crippen LogP contribution in [-0.2, 0) is 0 Å². The Kier molecular flexibility index (Phi) is 4.40. The van der Waals surface area contributed by atoms with Gasteiger partial charge in [0.2, 0.25) is 0 Å². The summed E-state index contributed by atoms with van der Waals surface area (Å²) in [4.78, 5) is 9.94. The van der Waals surface area contributed by atoms with E-state index in [0.717, 1.165) is 24.1 Å². The average Bonchev–Trinajstić information content (AvgIpc) is 2.39. The third-order valence-corrected chi connectivity index (χ3v) is 3.08. The number of rotatable bonds is 6. The lowest BCUT2D eigenvalue weighted by atomic mass is 10.1. The van der Waals surface area contributed by atoms with Gasteiger partial charge in [0.05, 0.1) is 36.5 Å². The Morgan fingerprint density at radius 3 is 3.17 bits per heavy atom. The average molecular weight is 266 g/mol. The summed E-state index contributed by atoms with van der Waals surface area (Å²) >= 11 is 1.20. The van der Waals surface area contributed by atoms with E-state index in [9.17, 15) is 4.91 Å². The molecule has 0 bridgehead atoms. The minimum Gasteiger partial charge on any atom is -0.493 e. The number of hydrogen-bond acceptors (Lipinski definition) is 7. The summed E-state index contributed by atoms with van der Waals surface area (Å²) in [6.45, 7) is 0.866. The summed E-state index contributed by atoms with van der Waals surface area (Å²) in [5.41, 5.74) is 7.55. The molecular formula is C11H14N4O2S. The SMILES string of the molecule is NC1=NSNc2cccc(OCCCCN=O)c21. The van der Waals surface area contributed by atoms with Crippen LogP contribution >= 0.6 is 12.1 Å². The van der Waals surface area contributed by atoms with Gasteiger partial charge in [-0.2, -0.15) is 9.30 Å². The van der Waals surface area contributed by atoms with Gasteiger partial charge in [-0.1, -0.05) is 11.2 Å². The number of nitrogens with zero attached hydrogens (tertiary/aromatic N) is 2. The zero-order valence-corrected chi connectivity index (χ0v) is 10.6. The van der Waals surface area contributed by atoms with E-state index in [1.165, 1.54) is 12.1 Å². The Hall–Kier alpha value is -1.76. The van der Waals surface area contributed by atoms with Gasteiger partial charge in [-0.25, -0.2) is 0 Å². The van der Waals surface area contributed by atoms with Gasteiger partial charge in [-0.05, 0) is 25.0 Å². The molecule has 7 heteroatoms. The van der Waals surface area contributed by atoms with Gasteiger partial charge in [-0.3, -0.25) is 0 Å². The van der Waals surface area contributed by atoms with E-state index in [2.05, 4.69) is 14.3 Å². The third kappa shape index (κ3) is 2.92. The molecular weight excluding hydrogens is 252 g/mol. The van der Waals surface area contributed by atoms with E-state index >= 15 is 0 Å². The number of nitrogens with two attached hydrogens (primary N) is 1. The highest BCUT2D eigenvalue weighted by atomic mass is 32.2. The Morgan fingerprint density at radius 2 is 2.33 bits per heavy atom. The molecule has 1 heterocycles. The molecule has 96 valence electrons. The topological polar surface area (TPSA) is 89.1 Å². The molecule has 0 amide bonds. The molecule has 2 rings (SSSR count). The summed E-state index contributed by atoms with van der Waals surface area (Å²) in [7, 11) is 0. The Balaban J connectivity index is 2.01. The number of benzene rings is 1. The predicted octanol–water partition coefficient (Wildman–Crippen LogP) is 2.31. The van der Waals surface area contributed by atoms with Crippen molar-refractivity contribution in [2.24, 2.45) is 15.3 Å². The molecule has 0 atom stereocenters. The molecule has 18 heavy (non-hydrogen) atoms. The normalized spacial score (nSPS) is 13.2. The maximum absolute atomic E-state index is 9.94. The molecule has 1 aliphatic heterocycles. The summed E-state index contributed by atoms with van der Waals surface area (Å²) in [5, 5.41) is 2.81. The minimum atomic E-state index is 0.331. The lowest BCUT2D eigenvalue weighted by Crippen LogP contribution is -2.19. The molecule has 1 aliphatic rings. The van der Waals surface area contributed by atoms with Crippen LogP contribution in [0.15, 0.2) is 27.8 Å². The molecule has 0 unspecified atom stereocenters. The lowest BCUT2D eigenvalue weighted by molar-refractivity contribution is 0.307. The van der Waals surface area contributed by atoms with Crippen molar-refractivity contribution in [1.82, 2.24) is 0 Å². The van der Waals surface area contributed by atoms with Crippen molar-refractivity contribution in [3.05, 3.63) is 28.7 Å². The second-order valence-corrected chi connectivity index (χ2v) is 4.33. The second-order valence-electron chi connectivity index (χ2n) is 3.76. The number of anilines is 1. The quantitative estimate of drug-likeness (QED) is 0.468. The molecule has 0 saturated heterocycles. The van der Waals surface area contributed by atoms with Crippen molar-refractivity contribution in [2.75, 3.05) is 17.9 Å². The zero-order chi connectivity index (χ0) is 12.8. The summed E-state index contributed by atoms with van der Waals surface area (Å²) in [6.07, 6.45) is 1.52. The molecule has 1 aromatic carbocycles. The van der Waals surface area contributed by atoms with Crippen LogP contribution in [0.1, 0.15) is 18.4 Å². The molecule has 0 radical (unpaired) electrons. The largest absolute Gasteiger partial charge is 0.493 e. The molecule has 1 aromatic rings. The van der Waals surface area contributed by atoms with Gasteiger partial charge in [0.1, 0.15) is 11.6 Å². The van der Waals surface area contributed by atoms with E-state index in [0.29, 0.717) is 24.7 Å². The highest BCUT2D eigenvalue weighted by Crippen LogP contribution is 2.32. The van der Waals surface area contributed by atoms with Gasteiger partial charge in [0, 0.05) is 0 Å². The highest BCUT2D eigenvalue weighted by molar-refractivity contribution is 7.99. The Morgan fingerprint density at radius 1 is 1.44 bits per heavy atom. The van der Waals surface area contributed by atoms with Crippen molar-refractivity contribution >= 4 is 23.7 Å². The van der Waals surface area contributed by atoms with Crippen molar-refractivity contribution in [3.63, 3.8) is 0 Å². The fourth-order valence-corrected chi connectivity index (χ4v) is 2.13.